The van der Waals surface area contributed by atoms with Crippen molar-refractivity contribution < 1.29 is 23.7 Å². The summed E-state index contributed by atoms with van der Waals surface area (Å²) in [4.78, 5) is 11.5. The minimum Gasteiger partial charge on any atom is -0.491 e. The molecule has 1 aliphatic heterocycles. The molecular weight excluding hydrogens is 260 g/mol. The largest absolute Gasteiger partial charge is 0.491 e. The molecule has 1 aromatic rings. The minimum absolute atomic E-state index is 0.188. The van der Waals surface area contributed by atoms with Crippen LogP contribution in [0, 0.1) is 0 Å². The van der Waals surface area contributed by atoms with Gasteiger partial charge in [0.1, 0.15) is 18.5 Å². The molecule has 1 fully saturated rings. The summed E-state index contributed by atoms with van der Waals surface area (Å²) >= 11 is 0. The molecule has 0 radical (unpaired) electrons. The van der Waals surface area contributed by atoms with Crippen molar-refractivity contribution in [1.29, 1.82) is 0 Å². The Hall–Kier alpha value is -1.59. The van der Waals surface area contributed by atoms with Crippen molar-refractivity contribution >= 4 is 5.97 Å². The standard InChI is InChI=1S/C15H20O5/c1-3-17-9-10-19-12-7-5-11(6-8-12)13-14(20-13)15(16)18-4-2/h5-8,13-14H,3-4,9-10H2,1-2H3/t13-,14+/m0/s1. The maximum atomic E-state index is 11.5. The maximum Gasteiger partial charge on any atom is 0.338 e. The fourth-order valence-electron chi connectivity index (χ4n) is 1.89. The lowest BCUT2D eigenvalue weighted by atomic mass is 10.1. The van der Waals surface area contributed by atoms with Gasteiger partial charge in [-0.15, -0.1) is 0 Å². The van der Waals surface area contributed by atoms with Crippen LogP contribution >= 0.6 is 0 Å². The molecule has 0 saturated carbocycles. The molecule has 1 aliphatic rings. The second kappa shape index (κ2) is 7.26. The summed E-state index contributed by atoms with van der Waals surface area (Å²) < 4.78 is 21.0. The Bertz CT molecular complexity index is 428. The Kier molecular flexibility index (Phi) is 5.38. The minimum atomic E-state index is -0.459. The topological polar surface area (TPSA) is 57.3 Å². The second-order valence-electron chi connectivity index (χ2n) is 4.34. The van der Waals surface area contributed by atoms with Crippen molar-refractivity contribution in [2.45, 2.75) is 26.1 Å². The van der Waals surface area contributed by atoms with Gasteiger partial charge in [0.15, 0.2) is 6.10 Å². The Morgan fingerprint density at radius 1 is 1.15 bits per heavy atom. The summed E-state index contributed by atoms with van der Waals surface area (Å²) in [5.41, 5.74) is 0.959. The van der Waals surface area contributed by atoms with Crippen LogP contribution in [0.3, 0.4) is 0 Å². The lowest BCUT2D eigenvalue weighted by molar-refractivity contribution is -0.144. The van der Waals surface area contributed by atoms with E-state index < -0.39 is 6.10 Å². The highest BCUT2D eigenvalue weighted by Gasteiger charge is 2.47. The highest BCUT2D eigenvalue weighted by atomic mass is 16.6. The zero-order chi connectivity index (χ0) is 14.4. The predicted molar refractivity (Wildman–Crippen MR) is 72.7 cm³/mol. The van der Waals surface area contributed by atoms with E-state index in [9.17, 15) is 4.79 Å². The molecule has 1 aromatic carbocycles. The van der Waals surface area contributed by atoms with Crippen molar-refractivity contribution in [3.8, 4) is 5.75 Å². The molecule has 0 aliphatic carbocycles. The molecule has 2 rings (SSSR count). The first-order valence-electron chi connectivity index (χ1n) is 6.88. The SMILES string of the molecule is CCOCCOc1ccc([C@@H]2O[C@H]2C(=O)OCC)cc1. The zero-order valence-electron chi connectivity index (χ0n) is 11.8. The van der Waals surface area contributed by atoms with E-state index in [1.807, 2.05) is 31.2 Å². The van der Waals surface area contributed by atoms with Crippen molar-refractivity contribution in [3.63, 3.8) is 0 Å². The van der Waals surface area contributed by atoms with Gasteiger partial charge in [-0.2, -0.15) is 0 Å². The molecule has 1 saturated heterocycles. The van der Waals surface area contributed by atoms with Crippen LogP contribution in [0.2, 0.25) is 0 Å². The van der Waals surface area contributed by atoms with E-state index in [1.165, 1.54) is 0 Å². The first-order chi connectivity index (χ1) is 9.76. The second-order valence-corrected chi connectivity index (χ2v) is 4.34. The van der Waals surface area contributed by atoms with E-state index in [-0.39, 0.29) is 12.1 Å². The van der Waals surface area contributed by atoms with E-state index in [4.69, 9.17) is 18.9 Å². The number of esters is 1. The summed E-state index contributed by atoms with van der Waals surface area (Å²) in [5.74, 6) is 0.483. The molecule has 0 amide bonds. The highest BCUT2D eigenvalue weighted by Crippen LogP contribution is 2.39. The molecule has 0 unspecified atom stereocenters. The quantitative estimate of drug-likeness (QED) is 0.414. The first kappa shape index (κ1) is 14.8. The third-order valence-electron chi connectivity index (χ3n) is 2.92. The van der Waals surface area contributed by atoms with Crippen LogP contribution in [-0.4, -0.2) is 38.5 Å². The third kappa shape index (κ3) is 3.95. The number of benzene rings is 1. The van der Waals surface area contributed by atoms with Crippen LogP contribution in [0.15, 0.2) is 24.3 Å². The molecule has 0 N–H and O–H groups in total. The fourth-order valence-corrected chi connectivity index (χ4v) is 1.89. The van der Waals surface area contributed by atoms with Gasteiger partial charge in [-0.3, -0.25) is 0 Å². The highest BCUT2D eigenvalue weighted by molar-refractivity contribution is 5.78. The van der Waals surface area contributed by atoms with Crippen molar-refractivity contribution in [1.82, 2.24) is 0 Å². The maximum absolute atomic E-state index is 11.5. The lowest BCUT2D eigenvalue weighted by Gasteiger charge is -2.06. The summed E-state index contributed by atoms with van der Waals surface area (Å²) in [7, 11) is 0. The van der Waals surface area contributed by atoms with Gasteiger partial charge in [0, 0.05) is 6.61 Å². The molecule has 110 valence electrons. The molecule has 2 atom stereocenters. The fraction of sp³-hybridized carbons (Fsp3) is 0.533. The predicted octanol–water partition coefficient (Wildman–Crippen LogP) is 2.10. The van der Waals surface area contributed by atoms with Crippen LogP contribution < -0.4 is 4.74 Å². The van der Waals surface area contributed by atoms with Crippen LogP contribution in [0.25, 0.3) is 0 Å². The summed E-state index contributed by atoms with van der Waals surface area (Å²) in [5, 5.41) is 0. The van der Waals surface area contributed by atoms with Gasteiger partial charge in [-0.05, 0) is 31.5 Å². The third-order valence-corrected chi connectivity index (χ3v) is 2.92. The Labute approximate surface area is 118 Å². The van der Waals surface area contributed by atoms with Gasteiger partial charge in [0.2, 0.25) is 0 Å². The van der Waals surface area contributed by atoms with Gasteiger partial charge in [-0.1, -0.05) is 12.1 Å². The Morgan fingerprint density at radius 2 is 1.90 bits per heavy atom. The number of hydrogen-bond acceptors (Lipinski definition) is 5. The van der Waals surface area contributed by atoms with E-state index in [0.29, 0.717) is 26.4 Å². The van der Waals surface area contributed by atoms with Crippen molar-refractivity contribution in [2.24, 2.45) is 0 Å². The lowest BCUT2D eigenvalue weighted by Crippen LogP contribution is -2.11. The van der Waals surface area contributed by atoms with E-state index >= 15 is 0 Å². The number of hydrogen-bond donors (Lipinski definition) is 0. The average molecular weight is 280 g/mol. The van der Waals surface area contributed by atoms with Gasteiger partial charge in [0.25, 0.3) is 0 Å². The number of carbonyl (C=O) groups is 1. The molecule has 5 nitrogen and oxygen atoms in total. The molecular formula is C15H20O5. The molecule has 20 heavy (non-hydrogen) atoms. The van der Waals surface area contributed by atoms with Crippen molar-refractivity contribution in [3.05, 3.63) is 29.8 Å². The first-order valence-corrected chi connectivity index (χ1v) is 6.88. The number of epoxide rings is 1. The smallest absolute Gasteiger partial charge is 0.338 e. The summed E-state index contributed by atoms with van der Waals surface area (Å²) in [6, 6.07) is 7.54. The molecule has 1 heterocycles. The van der Waals surface area contributed by atoms with E-state index in [2.05, 4.69) is 0 Å². The van der Waals surface area contributed by atoms with Gasteiger partial charge >= 0.3 is 5.97 Å². The Balaban J connectivity index is 1.79. The van der Waals surface area contributed by atoms with E-state index in [1.54, 1.807) is 6.92 Å². The monoisotopic (exact) mass is 280 g/mol. The molecule has 0 spiro atoms. The van der Waals surface area contributed by atoms with E-state index in [0.717, 1.165) is 11.3 Å². The Morgan fingerprint density at radius 3 is 2.55 bits per heavy atom. The molecule has 5 heteroatoms. The van der Waals surface area contributed by atoms with Gasteiger partial charge < -0.3 is 18.9 Å². The normalized spacial score (nSPS) is 20.5. The van der Waals surface area contributed by atoms with Crippen LogP contribution in [0.1, 0.15) is 25.5 Å². The van der Waals surface area contributed by atoms with Gasteiger partial charge in [0.05, 0.1) is 13.2 Å². The number of ether oxygens (including phenoxy) is 4. The zero-order valence-corrected chi connectivity index (χ0v) is 11.8. The van der Waals surface area contributed by atoms with Crippen molar-refractivity contribution in [2.75, 3.05) is 26.4 Å². The van der Waals surface area contributed by atoms with Crippen LogP contribution in [0.4, 0.5) is 0 Å². The number of rotatable bonds is 8. The molecule has 0 aromatic heterocycles. The number of carbonyl (C=O) groups excluding carboxylic acids is 1. The summed E-state index contributed by atoms with van der Waals surface area (Å²) in [6.07, 6.45) is -0.647. The average Bonchev–Trinajstić information content (AvgIpc) is 3.25. The molecule has 0 bridgehead atoms. The van der Waals surface area contributed by atoms with Crippen LogP contribution in [0.5, 0.6) is 5.75 Å². The van der Waals surface area contributed by atoms with Gasteiger partial charge in [-0.25, -0.2) is 4.79 Å². The summed E-state index contributed by atoms with van der Waals surface area (Å²) in [6.45, 7) is 5.90. The van der Waals surface area contributed by atoms with Crippen LogP contribution in [-0.2, 0) is 19.0 Å².